The summed E-state index contributed by atoms with van der Waals surface area (Å²) in [6.07, 6.45) is 13.2. The normalized spacial score (nSPS) is 18.7. The Kier molecular flexibility index (Phi) is 31.6. The van der Waals surface area contributed by atoms with Gasteiger partial charge in [-0.3, -0.25) is 19.3 Å². The number of nitrogens with one attached hydrogen (secondary N) is 5. The lowest BCUT2D eigenvalue weighted by atomic mass is 9.99. The number of nitrogens with two attached hydrogens (primary N) is 2. The maximum absolute atomic E-state index is 13.4. The highest BCUT2D eigenvalue weighted by Gasteiger charge is 2.41. The Bertz CT molecular complexity index is 2420. The summed E-state index contributed by atoms with van der Waals surface area (Å²) >= 11 is 0. The first-order valence-corrected chi connectivity index (χ1v) is 29.9. The first kappa shape index (κ1) is 68.2. The number of nitrogens with zero attached hydrogens (tertiary/aromatic N) is 5. The van der Waals surface area contributed by atoms with Gasteiger partial charge in [0.25, 0.3) is 0 Å². The number of carbonyl (C=O) groups excluding carboxylic acids is 7. The number of primary amides is 1. The van der Waals surface area contributed by atoms with Gasteiger partial charge in [0.1, 0.15) is 13.0 Å². The fourth-order valence-electron chi connectivity index (χ4n) is 10.9. The third-order valence-electron chi connectivity index (χ3n) is 15.6. The Morgan fingerprint density at radius 3 is 1.47 bits per heavy atom. The number of unbranched alkanes of at least 4 members (excludes halogenated alkanes) is 5. The summed E-state index contributed by atoms with van der Waals surface area (Å²) in [7, 11) is 5.32. The second-order valence-corrected chi connectivity index (χ2v) is 21.1. The number of hydrogen-bond acceptors (Lipinski definition) is 10. The van der Waals surface area contributed by atoms with Crippen LogP contribution in [0.25, 0.3) is 0 Å². The van der Waals surface area contributed by atoms with Gasteiger partial charge in [-0.25, -0.2) is 14.4 Å². The van der Waals surface area contributed by atoms with Crippen molar-refractivity contribution in [2.24, 2.45) is 11.5 Å². The van der Waals surface area contributed by atoms with Crippen molar-refractivity contribution in [3.05, 3.63) is 144 Å². The molecule has 0 aliphatic carbocycles. The molecule has 0 aromatic heterocycles. The third-order valence-corrected chi connectivity index (χ3v) is 15.6. The molecule has 454 valence electrons. The Morgan fingerprint density at radius 1 is 0.590 bits per heavy atom. The molecule has 19 nitrogen and oxygen atoms in total. The van der Waals surface area contributed by atoms with E-state index in [1.54, 1.807) is 26.5 Å². The van der Waals surface area contributed by atoms with Gasteiger partial charge in [0.05, 0.1) is 24.3 Å². The van der Waals surface area contributed by atoms with Crippen molar-refractivity contribution in [1.82, 2.24) is 51.1 Å². The maximum Gasteiger partial charge on any atom is 0.323 e. The molecule has 4 heterocycles. The lowest BCUT2D eigenvalue weighted by Gasteiger charge is -2.42. The topological polar surface area (TPSA) is 248 Å². The number of rotatable bonds is 20. The summed E-state index contributed by atoms with van der Waals surface area (Å²) in [5.41, 5.74) is 13.9. The molecular formula is C64H96N12O7. The van der Waals surface area contributed by atoms with Gasteiger partial charge in [-0.1, -0.05) is 154 Å². The Morgan fingerprint density at radius 2 is 1.02 bits per heavy atom. The van der Waals surface area contributed by atoms with E-state index >= 15 is 0 Å². The van der Waals surface area contributed by atoms with Crippen LogP contribution in [0, 0.1) is 0 Å². The van der Waals surface area contributed by atoms with Gasteiger partial charge in [-0.05, 0) is 109 Å². The van der Waals surface area contributed by atoms with Gasteiger partial charge in [0, 0.05) is 63.7 Å². The van der Waals surface area contributed by atoms with Gasteiger partial charge in [0.15, 0.2) is 0 Å². The van der Waals surface area contributed by atoms with Gasteiger partial charge in [-0.2, -0.15) is 0 Å². The van der Waals surface area contributed by atoms with Crippen LogP contribution in [-0.2, 0) is 19.2 Å². The van der Waals surface area contributed by atoms with Crippen molar-refractivity contribution in [2.45, 2.75) is 153 Å². The van der Waals surface area contributed by atoms with Gasteiger partial charge >= 0.3 is 18.1 Å². The van der Waals surface area contributed by atoms with E-state index < -0.39 is 0 Å². The van der Waals surface area contributed by atoms with E-state index in [0.29, 0.717) is 45.6 Å². The van der Waals surface area contributed by atoms with Crippen LogP contribution in [0.15, 0.2) is 121 Å². The van der Waals surface area contributed by atoms with Crippen LogP contribution in [0.2, 0.25) is 0 Å². The second-order valence-electron chi connectivity index (χ2n) is 21.1. The van der Waals surface area contributed by atoms with E-state index in [2.05, 4.69) is 93.5 Å². The zero-order valence-corrected chi connectivity index (χ0v) is 50.1. The van der Waals surface area contributed by atoms with Crippen molar-refractivity contribution < 1.29 is 33.6 Å². The third kappa shape index (κ3) is 22.1. The standard InChI is InChI=1S/C32H56N8O5.C14H13NO.C14H15N.C3H7NO.CH5N/c1-24-10-11-26-15-20-37(23-38(25(2)33-3)32(45)39(24)26)31(44)35-18-9-7-5-4-6-8-17-34-30(43)36-19-14-27-12-13-28(22-41)40(27)29(42)16-21-36;16-11-15-14(12-7-3-1-4-8-12)13-9-5-2-6-10-13;1-15-14(12-8-4-2-5-9-12)13-10-6-3-7-11-13;1-2-3(4)5;1-2/h22,24-28,33H,4-21,23H2,1-3H3,(H,34,43)(H,35,44);1-11,14H,(H,15,16);2-11,14-15H,1H3;2H2,1H3,(H2,4,5);2H2,1H3/t24?,25?,26?,27-,28+;;;;/m0..../s1. The minimum absolute atomic E-state index is 0.00725. The smallest absolute Gasteiger partial charge is 0.323 e. The quantitative estimate of drug-likeness (QED) is 0.0333. The summed E-state index contributed by atoms with van der Waals surface area (Å²) in [5, 5.41) is 15.4. The zero-order valence-electron chi connectivity index (χ0n) is 50.1. The van der Waals surface area contributed by atoms with E-state index in [1.165, 1.54) is 18.2 Å². The number of carbonyl (C=O) groups is 7. The molecule has 4 aromatic carbocycles. The van der Waals surface area contributed by atoms with Gasteiger partial charge in [-0.15, -0.1) is 0 Å². The largest absolute Gasteiger partial charge is 0.370 e. The SMILES string of the molecule is CCC(N)=O.CN.CNC(C)N1CN(C(=O)NCCCCCCCCNC(=O)N2CCC(=O)N3[C@@H](CC[C@@H]3C=O)CC2)CCC2CCC(C)N2C1=O.CNC(c1ccccc1)c1ccccc1.O=CNC(c1ccccc1)c1ccccc1. The number of hydrogen-bond donors (Lipinski definition) is 7. The Hall–Kier alpha value is -7.35. The predicted octanol–water partition coefficient (Wildman–Crippen LogP) is 7.88. The summed E-state index contributed by atoms with van der Waals surface area (Å²) in [6.45, 7) is 8.91. The molecule has 0 radical (unpaired) electrons. The summed E-state index contributed by atoms with van der Waals surface area (Å²) < 4.78 is 0. The van der Waals surface area contributed by atoms with Crippen molar-refractivity contribution in [3.8, 4) is 0 Å². The van der Waals surface area contributed by atoms with Crippen molar-refractivity contribution in [1.29, 1.82) is 0 Å². The molecule has 4 fully saturated rings. The Balaban J connectivity index is 0.000000312. The van der Waals surface area contributed by atoms with E-state index in [-0.39, 0.29) is 85.4 Å². The predicted molar refractivity (Wildman–Crippen MR) is 329 cm³/mol. The monoisotopic (exact) mass is 1140 g/mol. The first-order valence-electron chi connectivity index (χ1n) is 29.9. The average Bonchev–Trinajstić information content (AvgIpc) is 4.20. The molecule has 3 unspecified atom stereocenters. The summed E-state index contributed by atoms with van der Waals surface area (Å²) in [4.78, 5) is 92.4. The molecule has 4 aliphatic heterocycles. The lowest BCUT2D eigenvalue weighted by molar-refractivity contribution is -0.137. The fraction of sp³-hybridized carbons (Fsp3) is 0.516. The van der Waals surface area contributed by atoms with Crippen LogP contribution < -0.4 is 38.1 Å². The van der Waals surface area contributed by atoms with Crippen molar-refractivity contribution in [3.63, 3.8) is 0 Å². The first-order chi connectivity index (χ1) is 40.3. The van der Waals surface area contributed by atoms with Crippen molar-refractivity contribution in [2.75, 3.05) is 60.5 Å². The highest BCUT2D eigenvalue weighted by atomic mass is 16.2. The molecule has 83 heavy (non-hydrogen) atoms. The van der Waals surface area contributed by atoms with Crippen LogP contribution in [0.1, 0.15) is 145 Å². The molecule has 5 atom stereocenters. The molecule has 4 aromatic rings. The van der Waals surface area contributed by atoms with E-state index in [4.69, 9.17) is 0 Å². The van der Waals surface area contributed by atoms with Gasteiger partial charge in [0.2, 0.25) is 18.2 Å². The summed E-state index contributed by atoms with van der Waals surface area (Å²) in [6, 6.07) is 41.0. The van der Waals surface area contributed by atoms with Crippen LogP contribution in [0.4, 0.5) is 14.4 Å². The molecule has 9 amide bonds. The van der Waals surface area contributed by atoms with E-state index in [0.717, 1.165) is 94.5 Å². The molecular weight excluding hydrogens is 1050 g/mol. The van der Waals surface area contributed by atoms with Crippen LogP contribution in [0.5, 0.6) is 0 Å². The van der Waals surface area contributed by atoms with Crippen LogP contribution in [-0.4, -0.2) is 158 Å². The maximum atomic E-state index is 13.4. The molecule has 4 aliphatic rings. The molecule has 4 saturated heterocycles. The number of urea groups is 3. The molecule has 9 N–H and O–H groups in total. The number of benzene rings is 4. The highest BCUT2D eigenvalue weighted by Crippen LogP contribution is 2.31. The highest BCUT2D eigenvalue weighted by molar-refractivity contribution is 5.82. The zero-order chi connectivity index (χ0) is 60.4. The van der Waals surface area contributed by atoms with Crippen molar-refractivity contribution >= 4 is 42.6 Å². The molecule has 8 rings (SSSR count). The minimum atomic E-state index is -0.301. The number of fused-ring (bicyclic) bond motifs is 2. The Labute approximate surface area is 494 Å². The molecule has 0 bridgehead atoms. The molecule has 0 saturated carbocycles. The van der Waals surface area contributed by atoms with E-state index in [1.807, 2.05) is 98.7 Å². The lowest BCUT2D eigenvalue weighted by Crippen LogP contribution is -2.61. The molecule has 0 spiro atoms. The average molecular weight is 1150 g/mol. The minimum Gasteiger partial charge on any atom is -0.370 e. The fourth-order valence-corrected chi connectivity index (χ4v) is 10.9. The second kappa shape index (κ2) is 38.4. The van der Waals surface area contributed by atoms with E-state index in [9.17, 15) is 33.6 Å². The van der Waals surface area contributed by atoms with Crippen LogP contribution >= 0.6 is 0 Å². The number of amides is 9. The van der Waals surface area contributed by atoms with Gasteiger partial charge < -0.3 is 62.4 Å². The molecule has 19 heteroatoms. The van der Waals surface area contributed by atoms with Crippen LogP contribution in [0.3, 0.4) is 0 Å². The summed E-state index contributed by atoms with van der Waals surface area (Å²) in [5.74, 6) is -0.272. The number of aldehydes is 1.